The predicted molar refractivity (Wildman–Crippen MR) is 84.0 cm³/mol. The molecule has 1 aromatic rings. The van der Waals surface area contributed by atoms with Crippen LogP contribution in [0.1, 0.15) is 11.3 Å². The van der Waals surface area contributed by atoms with Crippen molar-refractivity contribution in [1.29, 1.82) is 0 Å². The molecule has 0 saturated heterocycles. The SMILES string of the molecule is CN/C(=C\[N+](=O)[O-])NCCCOc1csc(CN(C)C)c1. The lowest BCUT2D eigenvalue weighted by molar-refractivity contribution is -0.404. The van der Waals surface area contributed by atoms with Crippen LogP contribution >= 0.6 is 11.3 Å². The second-order valence-corrected chi connectivity index (χ2v) is 5.69. The highest BCUT2D eigenvalue weighted by atomic mass is 32.1. The average molecular weight is 314 g/mol. The van der Waals surface area contributed by atoms with Crippen LogP contribution in [0.5, 0.6) is 5.75 Å². The first kappa shape index (κ1) is 17.3. The minimum absolute atomic E-state index is 0.392. The molecule has 118 valence electrons. The third-order valence-electron chi connectivity index (χ3n) is 2.51. The minimum Gasteiger partial charge on any atom is -0.493 e. The molecule has 0 aliphatic carbocycles. The topological polar surface area (TPSA) is 79.7 Å². The number of rotatable bonds is 10. The lowest BCUT2D eigenvalue weighted by Crippen LogP contribution is -2.26. The van der Waals surface area contributed by atoms with Gasteiger partial charge in [0.25, 0.3) is 6.20 Å². The van der Waals surface area contributed by atoms with Crippen molar-refractivity contribution in [3.05, 3.63) is 38.5 Å². The van der Waals surface area contributed by atoms with Crippen molar-refractivity contribution in [1.82, 2.24) is 15.5 Å². The first-order valence-corrected chi connectivity index (χ1v) is 7.51. The van der Waals surface area contributed by atoms with Gasteiger partial charge in [-0.3, -0.25) is 10.1 Å². The summed E-state index contributed by atoms with van der Waals surface area (Å²) in [6.45, 7) is 2.09. The number of ether oxygens (including phenoxy) is 1. The van der Waals surface area contributed by atoms with Crippen LogP contribution in [0.15, 0.2) is 23.5 Å². The molecule has 7 nitrogen and oxygen atoms in total. The Balaban J connectivity index is 2.22. The number of nitrogens with zero attached hydrogens (tertiary/aromatic N) is 2. The highest BCUT2D eigenvalue weighted by Crippen LogP contribution is 2.22. The molecular formula is C13H22N4O3S. The molecule has 0 aliphatic heterocycles. The van der Waals surface area contributed by atoms with Crippen molar-refractivity contribution in [2.45, 2.75) is 13.0 Å². The van der Waals surface area contributed by atoms with Crippen LogP contribution in [0.25, 0.3) is 0 Å². The van der Waals surface area contributed by atoms with E-state index >= 15 is 0 Å². The zero-order valence-corrected chi connectivity index (χ0v) is 13.4. The van der Waals surface area contributed by atoms with Gasteiger partial charge in [-0.1, -0.05) is 0 Å². The summed E-state index contributed by atoms with van der Waals surface area (Å²) in [4.78, 5) is 13.2. The Morgan fingerprint density at radius 3 is 2.95 bits per heavy atom. The summed E-state index contributed by atoms with van der Waals surface area (Å²) < 4.78 is 5.64. The summed E-state index contributed by atoms with van der Waals surface area (Å²) in [6.07, 6.45) is 1.67. The van der Waals surface area contributed by atoms with Crippen LogP contribution < -0.4 is 15.4 Å². The zero-order chi connectivity index (χ0) is 15.7. The fraction of sp³-hybridized carbons (Fsp3) is 0.538. The Morgan fingerprint density at radius 2 is 2.33 bits per heavy atom. The van der Waals surface area contributed by atoms with Gasteiger partial charge in [0.2, 0.25) is 0 Å². The lowest BCUT2D eigenvalue weighted by Gasteiger charge is -2.08. The van der Waals surface area contributed by atoms with E-state index < -0.39 is 4.92 Å². The Kier molecular flexibility index (Phi) is 7.55. The van der Waals surface area contributed by atoms with Gasteiger partial charge in [0, 0.05) is 30.4 Å². The van der Waals surface area contributed by atoms with E-state index in [1.54, 1.807) is 18.4 Å². The van der Waals surface area contributed by atoms with Gasteiger partial charge in [-0.25, -0.2) is 0 Å². The Labute approximate surface area is 128 Å². The number of hydrogen-bond donors (Lipinski definition) is 2. The average Bonchev–Trinajstić information content (AvgIpc) is 2.83. The maximum absolute atomic E-state index is 10.3. The maximum atomic E-state index is 10.3. The van der Waals surface area contributed by atoms with Gasteiger partial charge in [0.15, 0.2) is 5.82 Å². The highest BCUT2D eigenvalue weighted by molar-refractivity contribution is 7.10. The molecule has 0 bridgehead atoms. The molecule has 0 radical (unpaired) electrons. The standard InChI is InChI=1S/C13H22N4O3S/c1-14-13(9-17(18)19)15-5-4-6-20-11-7-12(21-10-11)8-16(2)3/h7,9-10,14-15H,4-6,8H2,1-3H3/b13-9+. The summed E-state index contributed by atoms with van der Waals surface area (Å²) >= 11 is 1.68. The van der Waals surface area contributed by atoms with E-state index in [1.165, 1.54) is 4.88 Å². The van der Waals surface area contributed by atoms with Crippen LogP contribution in [0.3, 0.4) is 0 Å². The van der Waals surface area contributed by atoms with Crippen LogP contribution in [0.2, 0.25) is 0 Å². The quantitative estimate of drug-likeness (QED) is 0.387. The third kappa shape index (κ3) is 7.52. The van der Waals surface area contributed by atoms with Gasteiger partial charge in [-0.15, -0.1) is 11.3 Å². The minimum atomic E-state index is -0.493. The second-order valence-electron chi connectivity index (χ2n) is 4.69. The molecule has 0 atom stereocenters. The van der Waals surface area contributed by atoms with E-state index in [0.29, 0.717) is 19.0 Å². The van der Waals surface area contributed by atoms with Gasteiger partial charge < -0.3 is 20.3 Å². The molecule has 0 spiro atoms. The van der Waals surface area contributed by atoms with E-state index in [0.717, 1.165) is 24.9 Å². The molecule has 1 heterocycles. The monoisotopic (exact) mass is 314 g/mol. The number of thiophene rings is 1. The molecule has 21 heavy (non-hydrogen) atoms. The van der Waals surface area contributed by atoms with E-state index in [2.05, 4.69) is 15.5 Å². The summed E-state index contributed by atoms with van der Waals surface area (Å²) in [6, 6.07) is 2.05. The smallest absolute Gasteiger partial charge is 0.274 e. The largest absolute Gasteiger partial charge is 0.493 e. The Bertz CT molecular complexity index is 474. The van der Waals surface area contributed by atoms with Crippen LogP contribution in [-0.4, -0.2) is 44.1 Å². The van der Waals surface area contributed by atoms with E-state index in [9.17, 15) is 10.1 Å². The molecule has 0 amide bonds. The van der Waals surface area contributed by atoms with Gasteiger partial charge >= 0.3 is 0 Å². The normalized spacial score (nSPS) is 11.5. The summed E-state index contributed by atoms with van der Waals surface area (Å²) in [5, 5.41) is 18.0. The van der Waals surface area contributed by atoms with Crippen LogP contribution in [0, 0.1) is 10.1 Å². The molecular weight excluding hydrogens is 292 g/mol. The predicted octanol–water partition coefficient (Wildman–Crippen LogP) is 1.46. The fourth-order valence-electron chi connectivity index (χ4n) is 1.62. The first-order valence-electron chi connectivity index (χ1n) is 6.63. The lowest BCUT2D eigenvalue weighted by atomic mass is 10.4. The molecule has 8 heteroatoms. The van der Waals surface area contributed by atoms with Crippen molar-refractivity contribution in [2.75, 3.05) is 34.3 Å². The van der Waals surface area contributed by atoms with Crippen molar-refractivity contribution in [2.24, 2.45) is 0 Å². The Hall–Kier alpha value is -1.80. The fourth-order valence-corrected chi connectivity index (χ4v) is 2.54. The molecule has 1 aromatic heterocycles. The van der Waals surface area contributed by atoms with Crippen molar-refractivity contribution < 1.29 is 9.66 Å². The van der Waals surface area contributed by atoms with E-state index in [1.807, 2.05) is 25.5 Å². The molecule has 0 aliphatic rings. The number of hydrogen-bond acceptors (Lipinski definition) is 7. The van der Waals surface area contributed by atoms with Crippen molar-refractivity contribution >= 4 is 11.3 Å². The molecule has 0 aromatic carbocycles. The van der Waals surface area contributed by atoms with Crippen LogP contribution in [0.4, 0.5) is 0 Å². The Morgan fingerprint density at radius 1 is 1.57 bits per heavy atom. The van der Waals surface area contributed by atoms with Crippen molar-refractivity contribution in [3.8, 4) is 5.75 Å². The summed E-state index contributed by atoms with van der Waals surface area (Å²) in [7, 11) is 5.70. The van der Waals surface area contributed by atoms with Crippen molar-refractivity contribution in [3.63, 3.8) is 0 Å². The zero-order valence-electron chi connectivity index (χ0n) is 12.6. The maximum Gasteiger partial charge on any atom is 0.274 e. The number of nitrogens with one attached hydrogen (secondary N) is 2. The van der Waals surface area contributed by atoms with Gasteiger partial charge in [0.1, 0.15) is 5.75 Å². The summed E-state index contributed by atoms with van der Waals surface area (Å²) in [5.41, 5.74) is 0. The number of nitro groups is 1. The molecule has 0 unspecified atom stereocenters. The first-order chi connectivity index (χ1) is 10.0. The van der Waals surface area contributed by atoms with E-state index in [4.69, 9.17) is 4.74 Å². The third-order valence-corrected chi connectivity index (χ3v) is 3.41. The van der Waals surface area contributed by atoms with Gasteiger partial charge in [-0.05, 0) is 26.6 Å². The molecule has 2 N–H and O–H groups in total. The van der Waals surface area contributed by atoms with Crippen LogP contribution in [-0.2, 0) is 6.54 Å². The highest BCUT2D eigenvalue weighted by Gasteiger charge is 2.03. The summed E-state index contributed by atoms with van der Waals surface area (Å²) in [5.74, 6) is 1.27. The molecule has 0 saturated carbocycles. The second kappa shape index (κ2) is 9.19. The molecule has 0 fully saturated rings. The van der Waals surface area contributed by atoms with Gasteiger partial charge in [0.05, 0.1) is 11.5 Å². The van der Waals surface area contributed by atoms with Gasteiger partial charge in [-0.2, -0.15) is 0 Å². The van der Waals surface area contributed by atoms with E-state index in [-0.39, 0.29) is 0 Å². The molecule has 1 rings (SSSR count).